The van der Waals surface area contributed by atoms with Crippen molar-refractivity contribution in [3.8, 4) is 16.8 Å². The lowest BCUT2D eigenvalue weighted by molar-refractivity contribution is -0.123. The summed E-state index contributed by atoms with van der Waals surface area (Å²) < 4.78 is 95.7. The van der Waals surface area contributed by atoms with Gasteiger partial charge in [-0.3, -0.25) is 18.8 Å². The summed E-state index contributed by atoms with van der Waals surface area (Å²) in [7, 11) is 1.55. The first-order valence-corrected chi connectivity index (χ1v) is 21.3. The minimum atomic E-state index is -3.59. The number of benzene rings is 4. The van der Waals surface area contributed by atoms with Gasteiger partial charge in [0.2, 0.25) is 5.91 Å². The number of rotatable bonds is 12. The van der Waals surface area contributed by atoms with E-state index < -0.39 is 71.8 Å². The highest BCUT2D eigenvalue weighted by Gasteiger charge is 2.51. The zero-order valence-electron chi connectivity index (χ0n) is 32.8. The predicted molar refractivity (Wildman–Crippen MR) is 230 cm³/mol. The molecule has 0 aliphatic heterocycles. The fraction of sp³-hybridized carbons (Fsp3) is 0.238. The Morgan fingerprint density at radius 2 is 1.77 bits per heavy atom. The molecule has 0 radical (unpaired) electrons. The molecular formula is C42H34ClF6N9O2S2. The summed E-state index contributed by atoms with van der Waals surface area (Å²) in [5, 5.41) is 9.77. The summed E-state index contributed by atoms with van der Waals surface area (Å²) in [6.07, 6.45) is -2.31. The van der Waals surface area contributed by atoms with Crippen LogP contribution in [0.15, 0.2) is 81.4 Å². The second-order valence-corrected chi connectivity index (χ2v) is 16.4. The number of alkyl halides is 4. The lowest BCUT2D eigenvalue weighted by Gasteiger charge is -2.25. The van der Waals surface area contributed by atoms with E-state index in [-0.39, 0.29) is 62.1 Å². The van der Waals surface area contributed by atoms with Gasteiger partial charge in [-0.25, -0.2) is 27.5 Å². The highest BCUT2D eigenvalue weighted by Crippen LogP contribution is 2.48. The van der Waals surface area contributed by atoms with Gasteiger partial charge in [-0.15, -0.1) is 11.3 Å². The molecular weight excluding hydrogens is 876 g/mol. The number of thiazole rings is 1. The number of amidine groups is 1. The zero-order chi connectivity index (χ0) is 44.2. The molecule has 8 rings (SSSR count). The van der Waals surface area contributed by atoms with Gasteiger partial charge in [0.15, 0.2) is 0 Å². The number of aromatic nitrogens is 5. The number of carbonyl (C=O) groups is 1. The number of hydrogen-bond donors (Lipinski definition) is 3. The van der Waals surface area contributed by atoms with Crippen LogP contribution in [-0.2, 0) is 30.1 Å². The normalized spacial score (nSPS) is 15.4. The van der Waals surface area contributed by atoms with Gasteiger partial charge in [-0.2, -0.15) is 18.3 Å². The summed E-state index contributed by atoms with van der Waals surface area (Å²) in [6, 6.07) is 14.9. The van der Waals surface area contributed by atoms with Crippen LogP contribution in [0, 0.1) is 17.6 Å². The van der Waals surface area contributed by atoms with Crippen LogP contribution in [0.4, 0.5) is 32.0 Å². The smallest absolute Gasteiger partial charge is 0.292 e. The molecule has 4 aromatic carbocycles. The van der Waals surface area contributed by atoms with Crippen molar-refractivity contribution in [2.75, 3.05) is 18.6 Å². The first-order valence-electron chi connectivity index (χ1n) is 18.9. The standard InChI is InChI=1S/C42H34ClF6N9O2S2/c1-19-10-26-35(38(46)47)55-57(37(26)42(19,48)49)17-33(59)53-30(13-20-11-23(44)16-24(45)12-20)40-54-28-14-21(22-5-9-32-29(15-22)52-18-62-32)4-6-25(28)41(60)58(40)31-8-7-27(43)34(36(31)51-2)39(50)56-61-3/h4-9,11-12,14-16,18-19,30,38,51H,10,13,17H2,1-3H3,(H2,50,56)(H,53,59). The van der Waals surface area contributed by atoms with Crippen LogP contribution in [-0.4, -0.2) is 49.4 Å². The third kappa shape index (κ3) is 7.77. The van der Waals surface area contributed by atoms with Gasteiger partial charge >= 0.3 is 0 Å². The van der Waals surface area contributed by atoms with Crippen LogP contribution in [0.1, 0.15) is 53.3 Å². The molecule has 3 heterocycles. The maximum Gasteiger partial charge on any atom is 0.292 e. The molecule has 7 aromatic rings. The molecule has 0 fully saturated rings. The molecule has 0 saturated heterocycles. The molecule has 1 aliphatic carbocycles. The van der Waals surface area contributed by atoms with Crippen LogP contribution < -0.4 is 21.9 Å². The van der Waals surface area contributed by atoms with Crippen LogP contribution in [0.2, 0.25) is 5.02 Å². The minimum absolute atomic E-state index is 0.0000920. The fourth-order valence-corrected chi connectivity index (χ4v) is 9.08. The van der Waals surface area contributed by atoms with Crippen LogP contribution in [0.25, 0.3) is 37.9 Å². The topological polar surface area (TPSA) is 145 Å². The fourth-order valence-electron chi connectivity index (χ4n) is 7.88. The number of nitrogens with one attached hydrogen (secondary N) is 2. The third-order valence-corrected chi connectivity index (χ3v) is 12.2. The molecule has 2 unspecified atom stereocenters. The van der Waals surface area contributed by atoms with E-state index in [9.17, 15) is 22.4 Å². The Labute approximate surface area is 362 Å². The Balaban J connectivity index is 1.35. The van der Waals surface area contributed by atoms with Gasteiger partial charge in [0.25, 0.3) is 17.9 Å². The van der Waals surface area contributed by atoms with Crippen LogP contribution >= 0.6 is 34.9 Å². The van der Waals surface area contributed by atoms with E-state index in [1.165, 1.54) is 35.0 Å². The number of nitrogens with zero attached hydrogens (tertiary/aromatic N) is 6. The van der Waals surface area contributed by atoms with Gasteiger partial charge < -0.3 is 16.4 Å². The number of nitrogens with two attached hydrogens (primary N) is 1. The number of carbonyl (C=O) groups excluding carboxylic acids is 1. The van der Waals surface area contributed by atoms with Crippen molar-refractivity contribution in [1.29, 1.82) is 0 Å². The van der Waals surface area contributed by atoms with E-state index in [2.05, 4.69) is 25.1 Å². The number of hydrogen-bond acceptors (Lipinski definition) is 9. The second-order valence-electron chi connectivity index (χ2n) is 14.6. The SMILES string of the molecule is CNc1c(-n2c(C(Cc3cc(F)cc(F)c3)NC(=O)Cn3nc(C(F)F)c4c3C(F)(F)C(C)C4)nc3cc(-c4ccc5scnc5c4)ccc3c2=O)ccc(Cl)c1C(N)=NSC. The highest BCUT2D eigenvalue weighted by molar-refractivity contribution is 7.97. The first-order chi connectivity index (χ1) is 29.6. The monoisotopic (exact) mass is 909 g/mol. The molecule has 20 heteroatoms. The molecule has 11 nitrogen and oxygen atoms in total. The maximum absolute atomic E-state index is 15.5. The Bertz CT molecular complexity index is 2990. The third-order valence-electron chi connectivity index (χ3n) is 10.7. The number of amides is 1. The quantitative estimate of drug-likeness (QED) is 0.0477. The van der Waals surface area contributed by atoms with Crippen molar-refractivity contribution in [2.45, 2.75) is 44.7 Å². The van der Waals surface area contributed by atoms with Crippen molar-refractivity contribution < 1.29 is 31.1 Å². The molecule has 1 aliphatic rings. The number of anilines is 1. The van der Waals surface area contributed by atoms with Gasteiger partial charge in [0.05, 0.1) is 54.6 Å². The van der Waals surface area contributed by atoms with E-state index in [1.54, 1.807) is 37.0 Å². The number of halogens is 7. The maximum atomic E-state index is 15.5. The van der Waals surface area contributed by atoms with Crippen LogP contribution in [0.3, 0.4) is 0 Å². The highest BCUT2D eigenvalue weighted by atomic mass is 35.5. The summed E-state index contributed by atoms with van der Waals surface area (Å²) in [4.78, 5) is 38.5. The molecule has 0 bridgehead atoms. The van der Waals surface area contributed by atoms with Crippen molar-refractivity contribution in [3.05, 3.63) is 133 Å². The molecule has 4 N–H and O–H groups in total. The van der Waals surface area contributed by atoms with Gasteiger partial charge in [0, 0.05) is 37.3 Å². The van der Waals surface area contributed by atoms with Gasteiger partial charge in [-0.05, 0) is 83.6 Å². The van der Waals surface area contributed by atoms with E-state index in [4.69, 9.17) is 22.3 Å². The summed E-state index contributed by atoms with van der Waals surface area (Å²) in [5.41, 5.74) is 8.33. The molecule has 1 amide bonds. The molecule has 0 spiro atoms. The summed E-state index contributed by atoms with van der Waals surface area (Å²) in [6.45, 7) is 0.254. The van der Waals surface area contributed by atoms with Gasteiger partial charge in [-0.1, -0.05) is 30.7 Å². The first kappa shape index (κ1) is 42.8. The van der Waals surface area contributed by atoms with E-state index in [0.29, 0.717) is 16.3 Å². The minimum Gasteiger partial charge on any atom is -0.386 e. The molecule has 0 saturated carbocycles. The Kier molecular flexibility index (Phi) is 11.5. The van der Waals surface area contributed by atoms with E-state index in [0.717, 1.165) is 39.9 Å². The lowest BCUT2D eigenvalue weighted by atomic mass is 10.0. The van der Waals surface area contributed by atoms with Crippen molar-refractivity contribution >= 4 is 73.4 Å². The molecule has 320 valence electrons. The Morgan fingerprint density at radius 1 is 1.06 bits per heavy atom. The predicted octanol–water partition coefficient (Wildman–Crippen LogP) is 9.14. The van der Waals surface area contributed by atoms with Gasteiger partial charge in [0.1, 0.15) is 41.2 Å². The van der Waals surface area contributed by atoms with E-state index >= 15 is 13.6 Å². The lowest BCUT2D eigenvalue weighted by Crippen LogP contribution is -2.38. The Hall–Kier alpha value is -5.92. The van der Waals surface area contributed by atoms with Crippen molar-refractivity contribution in [2.24, 2.45) is 16.0 Å². The largest absolute Gasteiger partial charge is 0.386 e. The number of fused-ring (bicyclic) bond motifs is 3. The molecule has 62 heavy (non-hydrogen) atoms. The summed E-state index contributed by atoms with van der Waals surface area (Å²) in [5.74, 6) is -8.00. The van der Waals surface area contributed by atoms with Crippen molar-refractivity contribution in [1.82, 2.24) is 29.6 Å². The average Bonchev–Trinajstić information content (AvgIpc) is 3.90. The van der Waals surface area contributed by atoms with E-state index in [1.807, 2.05) is 18.2 Å². The average molecular weight is 910 g/mol. The Morgan fingerprint density at radius 3 is 2.47 bits per heavy atom. The van der Waals surface area contributed by atoms with Crippen LogP contribution in [0.5, 0.6) is 0 Å². The second kappa shape index (κ2) is 16.7. The molecule has 2 atom stereocenters. The van der Waals surface area contributed by atoms with Crippen molar-refractivity contribution in [3.63, 3.8) is 0 Å². The summed E-state index contributed by atoms with van der Waals surface area (Å²) >= 11 is 9.19. The zero-order valence-corrected chi connectivity index (χ0v) is 35.2. The molecule has 3 aromatic heterocycles.